The molecule has 1 aromatic rings. The van der Waals surface area contributed by atoms with Crippen LogP contribution in [0.5, 0.6) is 5.75 Å². The second-order valence-corrected chi connectivity index (χ2v) is 4.90. The second kappa shape index (κ2) is 7.52. The van der Waals surface area contributed by atoms with Crippen LogP contribution < -0.4 is 15.4 Å². The highest BCUT2D eigenvalue weighted by Gasteiger charge is 2.15. The highest BCUT2D eigenvalue weighted by molar-refractivity contribution is 5.28. The van der Waals surface area contributed by atoms with E-state index in [1.807, 2.05) is 0 Å². The number of nitrogens with one attached hydrogen (secondary N) is 2. The lowest BCUT2D eigenvalue weighted by molar-refractivity contribution is -0.0498. The van der Waals surface area contributed by atoms with E-state index in [2.05, 4.69) is 15.4 Å². The summed E-state index contributed by atoms with van der Waals surface area (Å²) >= 11 is 0. The van der Waals surface area contributed by atoms with Gasteiger partial charge in [-0.15, -0.1) is 0 Å². The number of ether oxygens (including phenoxy) is 1. The summed E-state index contributed by atoms with van der Waals surface area (Å²) in [6.07, 6.45) is 1.45. The van der Waals surface area contributed by atoms with Crippen molar-refractivity contribution in [3.05, 3.63) is 29.8 Å². The van der Waals surface area contributed by atoms with E-state index in [1.165, 1.54) is 12.1 Å². The highest BCUT2D eigenvalue weighted by atomic mass is 19.3. The van der Waals surface area contributed by atoms with Crippen molar-refractivity contribution in [2.45, 2.75) is 31.6 Å². The molecule has 1 heterocycles. The lowest BCUT2D eigenvalue weighted by Crippen LogP contribution is -2.41. The van der Waals surface area contributed by atoms with Gasteiger partial charge in [-0.25, -0.2) is 0 Å². The molecule has 0 spiro atoms. The minimum atomic E-state index is -2.83. The summed E-state index contributed by atoms with van der Waals surface area (Å²) in [5, 5.41) is 16.7. The molecule has 112 valence electrons. The number of halogens is 2. The topological polar surface area (TPSA) is 53.5 Å². The summed E-state index contributed by atoms with van der Waals surface area (Å²) in [6, 6.07) is 6.51. The van der Waals surface area contributed by atoms with Crippen LogP contribution >= 0.6 is 0 Å². The van der Waals surface area contributed by atoms with Gasteiger partial charge in [-0.1, -0.05) is 12.1 Å². The Morgan fingerprint density at radius 1 is 1.25 bits per heavy atom. The molecule has 4 nitrogen and oxygen atoms in total. The molecule has 1 aromatic carbocycles. The number of hydrogen-bond donors (Lipinski definition) is 3. The zero-order chi connectivity index (χ0) is 14.4. The van der Waals surface area contributed by atoms with Crippen LogP contribution in [0.2, 0.25) is 0 Å². The third-order valence-corrected chi connectivity index (χ3v) is 3.43. The van der Waals surface area contributed by atoms with Crippen LogP contribution in [0.3, 0.4) is 0 Å². The molecule has 0 aromatic heterocycles. The molecule has 6 heteroatoms. The molecule has 20 heavy (non-hydrogen) atoms. The minimum Gasteiger partial charge on any atom is -0.435 e. The van der Waals surface area contributed by atoms with Crippen molar-refractivity contribution in [3.63, 3.8) is 0 Å². The summed E-state index contributed by atoms with van der Waals surface area (Å²) in [5.74, 6) is 0.0993. The molecule has 1 unspecified atom stereocenters. The number of alkyl halides is 2. The molecule has 2 rings (SSSR count). The summed E-state index contributed by atoms with van der Waals surface area (Å²) in [4.78, 5) is 0. The zero-order valence-electron chi connectivity index (χ0n) is 11.2. The first kappa shape index (κ1) is 15.2. The van der Waals surface area contributed by atoms with E-state index in [1.54, 1.807) is 12.1 Å². The Kier molecular flexibility index (Phi) is 5.70. The maximum Gasteiger partial charge on any atom is 0.387 e. The lowest BCUT2D eigenvalue weighted by atomic mass is 10.1. The van der Waals surface area contributed by atoms with Gasteiger partial charge < -0.3 is 20.5 Å². The molecular weight excluding hydrogens is 266 g/mol. The molecule has 1 atom stereocenters. The predicted molar refractivity (Wildman–Crippen MR) is 71.9 cm³/mol. The van der Waals surface area contributed by atoms with Gasteiger partial charge in [0.05, 0.1) is 6.10 Å². The Labute approximate surface area is 117 Å². The molecule has 1 aliphatic rings. The Morgan fingerprint density at radius 2 is 1.90 bits per heavy atom. The number of aliphatic hydroxyl groups is 1. The number of piperidine rings is 1. The van der Waals surface area contributed by atoms with Crippen molar-refractivity contribution >= 4 is 0 Å². The Hall–Kier alpha value is -1.24. The van der Waals surface area contributed by atoms with E-state index in [0.29, 0.717) is 18.2 Å². The molecule has 0 radical (unpaired) electrons. The van der Waals surface area contributed by atoms with Gasteiger partial charge in [0.15, 0.2) is 0 Å². The summed E-state index contributed by atoms with van der Waals surface area (Å²) in [5.41, 5.74) is 0.688. The van der Waals surface area contributed by atoms with Crippen molar-refractivity contribution in [3.8, 4) is 5.75 Å². The first-order valence-corrected chi connectivity index (χ1v) is 6.82. The van der Waals surface area contributed by atoms with E-state index >= 15 is 0 Å². The molecular formula is C14H20F2N2O2. The summed E-state index contributed by atoms with van der Waals surface area (Å²) < 4.78 is 28.3. The lowest BCUT2D eigenvalue weighted by Gasteiger charge is -2.25. The first-order valence-electron chi connectivity index (χ1n) is 6.82. The SMILES string of the molecule is OC(CNC1CCNCC1)c1ccc(OC(F)F)cc1. The average Bonchev–Trinajstić information content (AvgIpc) is 2.46. The van der Waals surface area contributed by atoms with Crippen LogP contribution in [0.4, 0.5) is 8.78 Å². The maximum absolute atomic E-state index is 12.0. The van der Waals surface area contributed by atoms with Crippen LogP contribution in [0.15, 0.2) is 24.3 Å². The van der Waals surface area contributed by atoms with E-state index in [0.717, 1.165) is 25.9 Å². The normalized spacial score (nSPS) is 18.2. The fourth-order valence-corrected chi connectivity index (χ4v) is 2.29. The summed E-state index contributed by atoms with van der Waals surface area (Å²) in [7, 11) is 0. The van der Waals surface area contributed by atoms with Gasteiger partial charge in [0.2, 0.25) is 0 Å². The molecule has 1 saturated heterocycles. The van der Waals surface area contributed by atoms with E-state index in [9.17, 15) is 13.9 Å². The largest absolute Gasteiger partial charge is 0.435 e. The molecule has 0 bridgehead atoms. The number of aliphatic hydroxyl groups excluding tert-OH is 1. The van der Waals surface area contributed by atoms with Gasteiger partial charge in [0.1, 0.15) is 5.75 Å². The second-order valence-electron chi connectivity index (χ2n) is 4.90. The minimum absolute atomic E-state index is 0.0993. The summed E-state index contributed by atoms with van der Waals surface area (Å²) in [6.45, 7) is -0.382. The van der Waals surface area contributed by atoms with Gasteiger partial charge in [-0.2, -0.15) is 8.78 Å². The average molecular weight is 286 g/mol. The molecule has 1 aliphatic heterocycles. The predicted octanol–water partition coefficient (Wildman–Crippen LogP) is 1.66. The molecule has 0 amide bonds. The van der Waals surface area contributed by atoms with E-state index in [4.69, 9.17) is 0 Å². The Bertz CT molecular complexity index is 395. The molecule has 0 aliphatic carbocycles. The van der Waals surface area contributed by atoms with Crippen molar-refractivity contribution < 1.29 is 18.6 Å². The van der Waals surface area contributed by atoms with Crippen molar-refractivity contribution in [2.75, 3.05) is 19.6 Å². The van der Waals surface area contributed by atoms with Gasteiger partial charge >= 0.3 is 6.61 Å². The molecule has 1 fully saturated rings. The van der Waals surface area contributed by atoms with Crippen molar-refractivity contribution in [2.24, 2.45) is 0 Å². The zero-order valence-corrected chi connectivity index (χ0v) is 11.2. The van der Waals surface area contributed by atoms with Gasteiger partial charge in [0.25, 0.3) is 0 Å². The van der Waals surface area contributed by atoms with Gasteiger partial charge in [0, 0.05) is 12.6 Å². The number of hydrogen-bond acceptors (Lipinski definition) is 4. The Balaban J connectivity index is 1.80. The smallest absolute Gasteiger partial charge is 0.387 e. The number of benzene rings is 1. The van der Waals surface area contributed by atoms with Crippen LogP contribution in [-0.4, -0.2) is 37.4 Å². The van der Waals surface area contributed by atoms with Crippen LogP contribution in [-0.2, 0) is 0 Å². The van der Waals surface area contributed by atoms with Crippen LogP contribution in [0.25, 0.3) is 0 Å². The third-order valence-electron chi connectivity index (χ3n) is 3.43. The maximum atomic E-state index is 12.0. The number of rotatable bonds is 6. The van der Waals surface area contributed by atoms with Crippen molar-refractivity contribution in [1.29, 1.82) is 0 Å². The first-order chi connectivity index (χ1) is 9.65. The Morgan fingerprint density at radius 3 is 2.50 bits per heavy atom. The van der Waals surface area contributed by atoms with Crippen LogP contribution in [0, 0.1) is 0 Å². The monoisotopic (exact) mass is 286 g/mol. The fraction of sp³-hybridized carbons (Fsp3) is 0.571. The highest BCUT2D eigenvalue weighted by Crippen LogP contribution is 2.19. The van der Waals surface area contributed by atoms with Crippen LogP contribution in [0.1, 0.15) is 24.5 Å². The van der Waals surface area contributed by atoms with Crippen molar-refractivity contribution in [1.82, 2.24) is 10.6 Å². The van der Waals surface area contributed by atoms with E-state index < -0.39 is 12.7 Å². The third kappa shape index (κ3) is 4.70. The van der Waals surface area contributed by atoms with Gasteiger partial charge in [-0.05, 0) is 43.6 Å². The quantitative estimate of drug-likeness (QED) is 0.744. The standard InChI is InChI=1S/C14H20F2N2O2/c15-14(16)20-12-3-1-10(2-4-12)13(19)9-18-11-5-7-17-8-6-11/h1-4,11,13-14,17-19H,5-9H2. The molecule has 3 N–H and O–H groups in total. The fourth-order valence-electron chi connectivity index (χ4n) is 2.29. The molecule has 0 saturated carbocycles. The van der Waals surface area contributed by atoms with Gasteiger partial charge in [-0.3, -0.25) is 0 Å². The van der Waals surface area contributed by atoms with E-state index in [-0.39, 0.29) is 5.75 Å².